The van der Waals surface area contributed by atoms with Crippen LogP contribution in [0.3, 0.4) is 0 Å². The van der Waals surface area contributed by atoms with Crippen LogP contribution in [-0.2, 0) is 0 Å². The van der Waals surface area contributed by atoms with E-state index in [0.717, 1.165) is 11.3 Å². The molecule has 0 aliphatic heterocycles. The van der Waals surface area contributed by atoms with Crippen molar-refractivity contribution in [1.29, 1.82) is 0 Å². The van der Waals surface area contributed by atoms with Crippen LogP contribution in [0.1, 0.15) is 15.9 Å². The third kappa shape index (κ3) is 3.95. The number of aromatic carboxylic acids is 1. The number of para-hydroxylation sites is 1. The number of carboxylic acids is 1. The number of carboxylic acid groups (broad SMARTS) is 1. The van der Waals surface area contributed by atoms with Gasteiger partial charge in [-0.25, -0.2) is 13.9 Å². The summed E-state index contributed by atoms with van der Waals surface area (Å²) in [6, 6.07) is 19.6. The molecule has 4 aromatic rings. The number of carbonyl (C=O) groups is 1. The highest BCUT2D eigenvalue weighted by molar-refractivity contribution is 5.92. The van der Waals surface area contributed by atoms with Crippen LogP contribution in [0.25, 0.3) is 16.9 Å². The van der Waals surface area contributed by atoms with Gasteiger partial charge in [0, 0.05) is 29.6 Å². The summed E-state index contributed by atoms with van der Waals surface area (Å²) >= 11 is 0. The van der Waals surface area contributed by atoms with E-state index in [1.54, 1.807) is 29.2 Å². The van der Waals surface area contributed by atoms with Crippen molar-refractivity contribution >= 4 is 17.9 Å². The van der Waals surface area contributed by atoms with E-state index in [2.05, 4.69) is 10.1 Å². The lowest BCUT2D eigenvalue weighted by Crippen LogP contribution is -1.95. The Kier molecular flexibility index (Phi) is 5.09. The van der Waals surface area contributed by atoms with Crippen LogP contribution in [-0.4, -0.2) is 32.2 Å². The highest BCUT2D eigenvalue weighted by Crippen LogP contribution is 2.26. The zero-order valence-corrected chi connectivity index (χ0v) is 15.6. The van der Waals surface area contributed by atoms with E-state index in [9.17, 15) is 14.3 Å². The maximum atomic E-state index is 13.4. The average molecular weight is 401 g/mol. The van der Waals surface area contributed by atoms with Gasteiger partial charge in [-0.15, -0.1) is 0 Å². The quantitative estimate of drug-likeness (QED) is 0.469. The number of benzene rings is 3. The van der Waals surface area contributed by atoms with Crippen molar-refractivity contribution in [3.63, 3.8) is 0 Å². The second-order valence-corrected chi connectivity index (χ2v) is 6.48. The van der Waals surface area contributed by atoms with Crippen LogP contribution < -0.4 is 0 Å². The largest absolute Gasteiger partial charge is 0.507 e. The van der Waals surface area contributed by atoms with Crippen LogP contribution in [0.15, 0.2) is 84.0 Å². The summed E-state index contributed by atoms with van der Waals surface area (Å²) in [5.74, 6) is -1.92. The molecule has 0 atom stereocenters. The number of aliphatic imine (C=N–C) groups is 1. The molecule has 4 rings (SSSR count). The van der Waals surface area contributed by atoms with Gasteiger partial charge in [0.05, 0.1) is 11.4 Å². The number of aromatic nitrogens is 2. The van der Waals surface area contributed by atoms with Gasteiger partial charge < -0.3 is 10.2 Å². The molecule has 0 aliphatic rings. The van der Waals surface area contributed by atoms with Gasteiger partial charge in [0.25, 0.3) is 0 Å². The van der Waals surface area contributed by atoms with Crippen LogP contribution in [0.4, 0.5) is 10.1 Å². The first kappa shape index (κ1) is 19.1. The second kappa shape index (κ2) is 8.00. The number of rotatable bonds is 5. The van der Waals surface area contributed by atoms with Gasteiger partial charge in [-0.1, -0.05) is 18.2 Å². The van der Waals surface area contributed by atoms with Crippen LogP contribution >= 0.6 is 0 Å². The smallest absolute Gasteiger partial charge is 0.339 e. The zero-order chi connectivity index (χ0) is 21.1. The second-order valence-electron chi connectivity index (χ2n) is 6.48. The summed E-state index contributed by atoms with van der Waals surface area (Å²) in [5.41, 5.74) is 3.04. The van der Waals surface area contributed by atoms with Crippen molar-refractivity contribution < 1.29 is 19.4 Å². The molecule has 0 radical (unpaired) electrons. The number of hydrogen-bond acceptors (Lipinski definition) is 4. The fourth-order valence-electron chi connectivity index (χ4n) is 2.95. The van der Waals surface area contributed by atoms with E-state index in [1.807, 2.05) is 30.3 Å². The summed E-state index contributed by atoms with van der Waals surface area (Å²) in [6.07, 6.45) is 3.36. The molecule has 1 heterocycles. The Morgan fingerprint density at radius 3 is 2.43 bits per heavy atom. The summed E-state index contributed by atoms with van der Waals surface area (Å²) in [7, 11) is 0. The van der Waals surface area contributed by atoms with E-state index in [1.165, 1.54) is 30.3 Å². The van der Waals surface area contributed by atoms with Crippen LogP contribution in [0.2, 0.25) is 0 Å². The third-order valence-corrected chi connectivity index (χ3v) is 4.45. The molecule has 7 heteroatoms. The molecule has 3 aromatic carbocycles. The van der Waals surface area contributed by atoms with Gasteiger partial charge in [0.2, 0.25) is 0 Å². The molecule has 0 fully saturated rings. The number of halogens is 1. The molecule has 0 spiro atoms. The van der Waals surface area contributed by atoms with Gasteiger partial charge >= 0.3 is 5.97 Å². The average Bonchev–Trinajstić information content (AvgIpc) is 3.17. The Morgan fingerprint density at radius 1 is 1.03 bits per heavy atom. The Bertz CT molecular complexity index is 1230. The Labute approximate surface area is 171 Å². The van der Waals surface area contributed by atoms with Gasteiger partial charge in [-0.3, -0.25) is 4.99 Å². The van der Waals surface area contributed by atoms with Gasteiger partial charge in [-0.2, -0.15) is 5.10 Å². The highest BCUT2D eigenvalue weighted by atomic mass is 19.1. The molecular formula is C23H16FN3O3. The van der Waals surface area contributed by atoms with E-state index in [-0.39, 0.29) is 17.1 Å². The summed E-state index contributed by atoms with van der Waals surface area (Å²) in [6.45, 7) is 0. The van der Waals surface area contributed by atoms with Gasteiger partial charge in [0.15, 0.2) is 0 Å². The van der Waals surface area contributed by atoms with Gasteiger partial charge in [0.1, 0.15) is 22.8 Å². The van der Waals surface area contributed by atoms with Crippen LogP contribution in [0, 0.1) is 5.82 Å². The first-order valence-electron chi connectivity index (χ1n) is 9.02. The predicted molar refractivity (Wildman–Crippen MR) is 111 cm³/mol. The maximum absolute atomic E-state index is 13.4. The minimum atomic E-state index is -1.22. The molecule has 0 saturated heterocycles. The van der Waals surface area contributed by atoms with Crippen molar-refractivity contribution in [3.8, 4) is 22.7 Å². The monoisotopic (exact) mass is 401 g/mol. The van der Waals surface area contributed by atoms with Crippen molar-refractivity contribution in [3.05, 3.63) is 95.9 Å². The van der Waals surface area contributed by atoms with E-state index in [4.69, 9.17) is 5.11 Å². The van der Waals surface area contributed by atoms with Crippen molar-refractivity contribution in [1.82, 2.24) is 9.78 Å². The fourth-order valence-corrected chi connectivity index (χ4v) is 2.95. The molecule has 1 aromatic heterocycles. The number of aromatic hydroxyl groups is 1. The lowest BCUT2D eigenvalue weighted by molar-refractivity contribution is 0.0694. The predicted octanol–water partition coefficient (Wildman–Crippen LogP) is 4.83. The Balaban J connectivity index is 1.75. The van der Waals surface area contributed by atoms with Crippen LogP contribution in [0.5, 0.6) is 5.75 Å². The van der Waals surface area contributed by atoms with E-state index < -0.39 is 5.97 Å². The standard InChI is InChI=1S/C23H16FN3O3/c24-17-8-6-15(7-9-17)22-16(14-27(26-22)19-4-2-1-3-5-19)13-25-18-10-11-20(23(29)30)21(28)12-18/h1-14,28H,(H,29,30). The Morgan fingerprint density at radius 2 is 1.77 bits per heavy atom. The van der Waals surface area contributed by atoms with E-state index >= 15 is 0 Å². The maximum Gasteiger partial charge on any atom is 0.339 e. The SMILES string of the molecule is O=C(O)c1ccc(N=Cc2cn(-c3ccccc3)nc2-c2ccc(F)cc2)cc1O. The lowest BCUT2D eigenvalue weighted by Gasteiger charge is -2.01. The molecule has 6 nitrogen and oxygen atoms in total. The lowest BCUT2D eigenvalue weighted by atomic mass is 10.1. The molecular weight excluding hydrogens is 385 g/mol. The van der Waals surface area contributed by atoms with E-state index in [0.29, 0.717) is 16.9 Å². The fraction of sp³-hybridized carbons (Fsp3) is 0. The molecule has 148 valence electrons. The molecule has 0 amide bonds. The number of hydrogen-bond donors (Lipinski definition) is 2. The topological polar surface area (TPSA) is 87.7 Å². The molecule has 0 unspecified atom stereocenters. The minimum Gasteiger partial charge on any atom is -0.507 e. The van der Waals surface area contributed by atoms with Crippen molar-refractivity contribution in [2.75, 3.05) is 0 Å². The molecule has 0 aliphatic carbocycles. The first-order valence-corrected chi connectivity index (χ1v) is 9.02. The molecule has 0 bridgehead atoms. The summed E-state index contributed by atoms with van der Waals surface area (Å²) < 4.78 is 15.1. The molecule has 30 heavy (non-hydrogen) atoms. The molecule has 0 saturated carbocycles. The molecule has 2 N–H and O–H groups in total. The van der Waals surface area contributed by atoms with Crippen molar-refractivity contribution in [2.24, 2.45) is 4.99 Å². The number of phenols is 1. The number of nitrogens with zero attached hydrogens (tertiary/aromatic N) is 3. The Hall–Kier alpha value is -4.26. The summed E-state index contributed by atoms with van der Waals surface area (Å²) in [5, 5.41) is 23.5. The van der Waals surface area contributed by atoms with Crippen molar-refractivity contribution in [2.45, 2.75) is 0 Å². The first-order chi connectivity index (χ1) is 14.5. The highest BCUT2D eigenvalue weighted by Gasteiger charge is 2.12. The zero-order valence-electron chi connectivity index (χ0n) is 15.6. The normalized spacial score (nSPS) is 11.1. The third-order valence-electron chi connectivity index (χ3n) is 4.45. The minimum absolute atomic E-state index is 0.196. The summed E-state index contributed by atoms with van der Waals surface area (Å²) in [4.78, 5) is 15.4. The van der Waals surface area contributed by atoms with Gasteiger partial charge in [-0.05, 0) is 48.5 Å².